The Kier molecular flexibility index (Phi) is 4.40. The van der Waals surface area contributed by atoms with Crippen LogP contribution in [0.5, 0.6) is 0 Å². The number of anilines is 1. The fourth-order valence-corrected chi connectivity index (χ4v) is 3.58. The van der Waals surface area contributed by atoms with Crippen LogP contribution in [0.15, 0.2) is 53.5 Å². The minimum Gasteiger partial charge on any atom is -0.472 e. The molecule has 1 amide bonds. The van der Waals surface area contributed by atoms with Gasteiger partial charge in [0.1, 0.15) is 6.26 Å². The zero-order valence-electron chi connectivity index (χ0n) is 16.0. The molecule has 0 aliphatic carbocycles. The van der Waals surface area contributed by atoms with Crippen molar-refractivity contribution in [2.75, 3.05) is 18.4 Å². The molecule has 0 bridgehead atoms. The highest BCUT2D eigenvalue weighted by atomic mass is 16.3. The Labute approximate surface area is 159 Å². The molecule has 0 saturated heterocycles. The van der Waals surface area contributed by atoms with Gasteiger partial charge in [0.05, 0.1) is 11.8 Å². The standard InChI is InChI=1S/C22H25N3O2/c1-22(2,3)25-9-6-15(7-10-25)19-13-23-20-5-4-17(12-18(19)20)24-21(26)16-8-11-27-14-16/h4-6,8,11-14,23H,7,9-10H2,1-3H3,(H,24,26). The second kappa shape index (κ2) is 6.74. The molecule has 27 heavy (non-hydrogen) atoms. The van der Waals surface area contributed by atoms with Gasteiger partial charge in [-0.05, 0) is 57.0 Å². The van der Waals surface area contributed by atoms with Crippen LogP contribution in [0.2, 0.25) is 0 Å². The Hall–Kier alpha value is -2.79. The lowest BCUT2D eigenvalue weighted by atomic mass is 9.95. The monoisotopic (exact) mass is 363 g/mol. The van der Waals surface area contributed by atoms with Gasteiger partial charge in [-0.3, -0.25) is 9.69 Å². The van der Waals surface area contributed by atoms with Gasteiger partial charge in [0.25, 0.3) is 5.91 Å². The van der Waals surface area contributed by atoms with Gasteiger partial charge in [-0.1, -0.05) is 6.08 Å². The molecule has 0 atom stereocenters. The van der Waals surface area contributed by atoms with Crippen molar-refractivity contribution in [1.29, 1.82) is 0 Å². The fourth-order valence-electron chi connectivity index (χ4n) is 3.58. The van der Waals surface area contributed by atoms with Crippen molar-refractivity contribution in [2.45, 2.75) is 32.7 Å². The number of fused-ring (bicyclic) bond motifs is 1. The number of hydrogen-bond donors (Lipinski definition) is 2. The second-order valence-corrected chi connectivity index (χ2v) is 8.03. The molecule has 0 radical (unpaired) electrons. The average molecular weight is 363 g/mol. The van der Waals surface area contributed by atoms with E-state index in [1.807, 2.05) is 18.2 Å². The van der Waals surface area contributed by atoms with E-state index >= 15 is 0 Å². The van der Waals surface area contributed by atoms with E-state index in [1.165, 1.54) is 23.7 Å². The predicted octanol–water partition coefficient (Wildman–Crippen LogP) is 4.90. The molecule has 0 saturated carbocycles. The Bertz CT molecular complexity index is 990. The fraction of sp³-hybridized carbons (Fsp3) is 0.318. The molecule has 5 heteroatoms. The number of carbonyl (C=O) groups is 1. The van der Waals surface area contributed by atoms with Crippen LogP contribution in [0, 0.1) is 0 Å². The van der Waals surface area contributed by atoms with Crippen molar-refractivity contribution in [3.05, 3.63) is 60.2 Å². The Morgan fingerprint density at radius 1 is 1.26 bits per heavy atom. The van der Waals surface area contributed by atoms with Gasteiger partial charge in [-0.15, -0.1) is 0 Å². The Morgan fingerprint density at radius 2 is 2.11 bits per heavy atom. The van der Waals surface area contributed by atoms with E-state index in [4.69, 9.17) is 4.42 Å². The number of rotatable bonds is 3. The maximum atomic E-state index is 12.3. The first-order valence-electron chi connectivity index (χ1n) is 9.31. The minimum absolute atomic E-state index is 0.169. The lowest BCUT2D eigenvalue weighted by molar-refractivity contribution is 0.102. The number of benzene rings is 1. The van der Waals surface area contributed by atoms with Gasteiger partial charge >= 0.3 is 0 Å². The summed E-state index contributed by atoms with van der Waals surface area (Å²) < 4.78 is 4.98. The summed E-state index contributed by atoms with van der Waals surface area (Å²) in [6.45, 7) is 8.78. The highest BCUT2D eigenvalue weighted by Gasteiger charge is 2.24. The van der Waals surface area contributed by atoms with Gasteiger partial charge in [0.15, 0.2) is 0 Å². The maximum absolute atomic E-state index is 12.3. The van der Waals surface area contributed by atoms with E-state index < -0.39 is 0 Å². The molecule has 1 aromatic carbocycles. The quantitative estimate of drug-likeness (QED) is 0.696. The number of furan rings is 1. The van der Waals surface area contributed by atoms with Crippen LogP contribution in [0.4, 0.5) is 5.69 Å². The molecule has 0 spiro atoms. The van der Waals surface area contributed by atoms with E-state index in [0.29, 0.717) is 5.56 Å². The average Bonchev–Trinajstić information content (AvgIpc) is 3.31. The van der Waals surface area contributed by atoms with Crippen molar-refractivity contribution in [3.63, 3.8) is 0 Å². The third-order valence-electron chi connectivity index (χ3n) is 5.23. The molecule has 1 aliphatic rings. The molecular weight excluding hydrogens is 338 g/mol. The van der Waals surface area contributed by atoms with Crippen molar-refractivity contribution >= 4 is 28.1 Å². The number of nitrogens with one attached hydrogen (secondary N) is 2. The first-order chi connectivity index (χ1) is 12.9. The number of aromatic amines is 1. The molecule has 2 N–H and O–H groups in total. The smallest absolute Gasteiger partial charge is 0.258 e. The van der Waals surface area contributed by atoms with Gasteiger partial charge in [0, 0.05) is 47.0 Å². The first kappa shape index (κ1) is 17.6. The van der Waals surface area contributed by atoms with E-state index in [9.17, 15) is 4.79 Å². The van der Waals surface area contributed by atoms with Crippen LogP contribution in [0.1, 0.15) is 43.1 Å². The molecule has 3 heterocycles. The number of H-pyrrole nitrogens is 1. The molecule has 1 aliphatic heterocycles. The molecule has 0 fully saturated rings. The summed E-state index contributed by atoms with van der Waals surface area (Å²) in [6, 6.07) is 7.62. The number of hydrogen-bond acceptors (Lipinski definition) is 3. The highest BCUT2D eigenvalue weighted by molar-refractivity contribution is 6.05. The molecule has 4 rings (SSSR count). The number of aromatic nitrogens is 1. The maximum Gasteiger partial charge on any atom is 0.258 e. The Morgan fingerprint density at radius 3 is 2.78 bits per heavy atom. The molecule has 3 aromatic rings. The molecular formula is C22H25N3O2. The van der Waals surface area contributed by atoms with Gasteiger partial charge in [0.2, 0.25) is 0 Å². The van der Waals surface area contributed by atoms with Crippen LogP contribution >= 0.6 is 0 Å². The van der Waals surface area contributed by atoms with Gasteiger partial charge in [-0.25, -0.2) is 0 Å². The van der Waals surface area contributed by atoms with E-state index in [-0.39, 0.29) is 11.4 Å². The second-order valence-electron chi connectivity index (χ2n) is 8.03. The minimum atomic E-state index is -0.169. The molecule has 5 nitrogen and oxygen atoms in total. The summed E-state index contributed by atoms with van der Waals surface area (Å²) in [7, 11) is 0. The van der Waals surface area contributed by atoms with Crippen LogP contribution < -0.4 is 5.32 Å². The van der Waals surface area contributed by atoms with Crippen molar-refractivity contribution in [3.8, 4) is 0 Å². The van der Waals surface area contributed by atoms with E-state index in [0.717, 1.165) is 36.1 Å². The first-order valence-corrected chi connectivity index (χ1v) is 9.31. The van der Waals surface area contributed by atoms with Crippen LogP contribution in [-0.2, 0) is 0 Å². The lowest BCUT2D eigenvalue weighted by Crippen LogP contribution is -2.43. The van der Waals surface area contributed by atoms with Crippen molar-refractivity contribution in [1.82, 2.24) is 9.88 Å². The van der Waals surface area contributed by atoms with Crippen molar-refractivity contribution < 1.29 is 9.21 Å². The Balaban J connectivity index is 1.59. The van der Waals surface area contributed by atoms with E-state index in [2.05, 4.69) is 48.2 Å². The molecule has 2 aromatic heterocycles. The van der Waals surface area contributed by atoms with Crippen LogP contribution in [-0.4, -0.2) is 34.4 Å². The van der Waals surface area contributed by atoms with Gasteiger partial charge in [-0.2, -0.15) is 0 Å². The topological polar surface area (TPSA) is 61.3 Å². The lowest BCUT2D eigenvalue weighted by Gasteiger charge is -2.37. The number of amides is 1. The predicted molar refractivity (Wildman–Crippen MR) is 109 cm³/mol. The zero-order chi connectivity index (χ0) is 19.0. The number of carbonyl (C=O) groups excluding carboxylic acids is 1. The normalized spacial score (nSPS) is 15.7. The van der Waals surface area contributed by atoms with E-state index in [1.54, 1.807) is 6.07 Å². The molecule has 140 valence electrons. The van der Waals surface area contributed by atoms with Crippen LogP contribution in [0.3, 0.4) is 0 Å². The summed E-state index contributed by atoms with van der Waals surface area (Å²) in [6.07, 6.45) is 8.37. The number of nitrogens with zero attached hydrogens (tertiary/aromatic N) is 1. The van der Waals surface area contributed by atoms with Crippen LogP contribution in [0.25, 0.3) is 16.5 Å². The van der Waals surface area contributed by atoms with Gasteiger partial charge < -0.3 is 14.7 Å². The zero-order valence-corrected chi connectivity index (χ0v) is 16.0. The summed E-state index contributed by atoms with van der Waals surface area (Å²) in [5.74, 6) is -0.169. The third-order valence-corrected chi connectivity index (χ3v) is 5.23. The summed E-state index contributed by atoms with van der Waals surface area (Å²) >= 11 is 0. The summed E-state index contributed by atoms with van der Waals surface area (Å²) in [5.41, 5.74) is 5.14. The summed E-state index contributed by atoms with van der Waals surface area (Å²) in [4.78, 5) is 18.1. The molecule has 0 unspecified atom stereocenters. The highest BCUT2D eigenvalue weighted by Crippen LogP contribution is 2.32. The van der Waals surface area contributed by atoms with Crippen molar-refractivity contribution in [2.24, 2.45) is 0 Å². The largest absolute Gasteiger partial charge is 0.472 e. The summed E-state index contributed by atoms with van der Waals surface area (Å²) in [5, 5.41) is 4.08. The SMILES string of the molecule is CC(C)(C)N1CC=C(c2c[nH]c3ccc(NC(=O)c4ccoc4)cc23)CC1. The third kappa shape index (κ3) is 3.55.